The van der Waals surface area contributed by atoms with E-state index in [1.807, 2.05) is 0 Å². The first kappa shape index (κ1) is 12.0. The van der Waals surface area contributed by atoms with Crippen molar-refractivity contribution in [3.8, 4) is 0 Å². The quantitative estimate of drug-likeness (QED) is 0.789. The van der Waals surface area contributed by atoms with E-state index >= 15 is 0 Å². The lowest BCUT2D eigenvalue weighted by Crippen LogP contribution is -2.13. The van der Waals surface area contributed by atoms with Crippen molar-refractivity contribution in [1.29, 1.82) is 0 Å². The van der Waals surface area contributed by atoms with Crippen LogP contribution in [0.15, 0.2) is 30.3 Å². The summed E-state index contributed by atoms with van der Waals surface area (Å²) in [4.78, 5) is 21.3. The van der Waals surface area contributed by atoms with E-state index in [1.54, 1.807) is 43.6 Å². The molecule has 4 nitrogen and oxygen atoms in total. The van der Waals surface area contributed by atoms with Crippen LogP contribution in [0, 0.1) is 0 Å². The summed E-state index contributed by atoms with van der Waals surface area (Å²) in [5.41, 5.74) is 1.31. The van der Waals surface area contributed by atoms with Crippen LogP contribution in [0.2, 0.25) is 0 Å². The molecule has 1 radical (unpaired) electrons. The van der Waals surface area contributed by atoms with Crippen LogP contribution in [0.25, 0.3) is 6.08 Å². The molecule has 0 aliphatic rings. The molecule has 0 saturated carbocycles. The predicted octanol–water partition coefficient (Wildman–Crippen LogP) is 2.38. The van der Waals surface area contributed by atoms with Gasteiger partial charge in [0.2, 0.25) is 6.29 Å². The van der Waals surface area contributed by atoms with E-state index in [0.717, 1.165) is 5.56 Å². The molecule has 4 heteroatoms. The molecule has 1 aromatic carbocycles. The predicted molar refractivity (Wildman–Crippen MR) is 61.8 cm³/mol. The van der Waals surface area contributed by atoms with Gasteiger partial charge in [0, 0.05) is 0 Å². The van der Waals surface area contributed by atoms with Gasteiger partial charge in [0.1, 0.15) is 0 Å². The molecule has 0 aliphatic carbocycles. The second-order valence-corrected chi connectivity index (χ2v) is 2.88. The summed E-state index contributed by atoms with van der Waals surface area (Å²) < 4.78 is 4.75. The maximum atomic E-state index is 11.2. The molecule has 0 aromatic heterocycles. The van der Waals surface area contributed by atoms with Gasteiger partial charge in [0.25, 0.3) is 0 Å². The SMILES string of the molecule is CCOC(=O)Nc1ccccc1/C=C/[C]=O. The van der Waals surface area contributed by atoms with E-state index in [1.165, 1.54) is 6.08 Å². The van der Waals surface area contributed by atoms with Gasteiger partial charge in [-0.3, -0.25) is 10.1 Å². The largest absolute Gasteiger partial charge is 0.450 e. The molecule has 0 saturated heterocycles. The maximum absolute atomic E-state index is 11.2. The summed E-state index contributed by atoms with van der Waals surface area (Å²) in [6, 6.07) is 7.08. The Morgan fingerprint density at radius 3 is 2.94 bits per heavy atom. The fourth-order valence-corrected chi connectivity index (χ4v) is 1.16. The Labute approximate surface area is 93.9 Å². The van der Waals surface area contributed by atoms with Crippen molar-refractivity contribution >= 4 is 24.1 Å². The molecular formula is C12H12NO3. The summed E-state index contributed by atoms with van der Waals surface area (Å²) in [6.07, 6.45) is 3.94. The third-order valence-corrected chi connectivity index (χ3v) is 1.80. The smallest absolute Gasteiger partial charge is 0.411 e. The Bertz CT molecular complexity index is 399. The Kier molecular flexibility index (Phi) is 4.79. The van der Waals surface area contributed by atoms with Crippen molar-refractivity contribution < 1.29 is 14.3 Å². The second-order valence-electron chi connectivity index (χ2n) is 2.88. The Morgan fingerprint density at radius 1 is 1.50 bits per heavy atom. The van der Waals surface area contributed by atoms with E-state index in [2.05, 4.69) is 5.32 Å². The molecule has 1 aromatic rings. The molecule has 0 aliphatic heterocycles. The van der Waals surface area contributed by atoms with Gasteiger partial charge >= 0.3 is 6.09 Å². The summed E-state index contributed by atoms with van der Waals surface area (Å²) >= 11 is 0. The minimum absolute atomic E-state index is 0.311. The molecule has 1 N–H and O–H groups in total. The zero-order valence-corrected chi connectivity index (χ0v) is 8.90. The number of hydrogen-bond acceptors (Lipinski definition) is 3. The van der Waals surface area contributed by atoms with Crippen LogP contribution in [0.5, 0.6) is 0 Å². The zero-order valence-electron chi connectivity index (χ0n) is 8.90. The molecular weight excluding hydrogens is 206 g/mol. The van der Waals surface area contributed by atoms with Crippen molar-refractivity contribution in [2.45, 2.75) is 6.92 Å². The zero-order chi connectivity index (χ0) is 11.8. The van der Waals surface area contributed by atoms with E-state index in [-0.39, 0.29) is 0 Å². The van der Waals surface area contributed by atoms with Gasteiger partial charge in [-0.2, -0.15) is 0 Å². The lowest BCUT2D eigenvalue weighted by Gasteiger charge is -2.07. The van der Waals surface area contributed by atoms with Crippen molar-refractivity contribution in [1.82, 2.24) is 0 Å². The van der Waals surface area contributed by atoms with E-state index in [9.17, 15) is 9.59 Å². The van der Waals surface area contributed by atoms with Gasteiger partial charge in [0.05, 0.1) is 12.3 Å². The minimum Gasteiger partial charge on any atom is -0.450 e. The van der Waals surface area contributed by atoms with Crippen LogP contribution >= 0.6 is 0 Å². The van der Waals surface area contributed by atoms with Gasteiger partial charge in [-0.1, -0.05) is 18.2 Å². The van der Waals surface area contributed by atoms with Crippen molar-refractivity contribution in [3.63, 3.8) is 0 Å². The number of amides is 1. The van der Waals surface area contributed by atoms with E-state index < -0.39 is 6.09 Å². The average Bonchev–Trinajstić information content (AvgIpc) is 2.28. The molecule has 1 amide bonds. The van der Waals surface area contributed by atoms with Crippen LogP contribution in [-0.4, -0.2) is 19.0 Å². The Morgan fingerprint density at radius 2 is 2.25 bits per heavy atom. The summed E-state index contributed by atoms with van der Waals surface area (Å²) in [5, 5.41) is 2.58. The number of anilines is 1. The van der Waals surface area contributed by atoms with Gasteiger partial charge in [-0.15, -0.1) is 0 Å². The number of carbonyl (C=O) groups excluding carboxylic acids is 2. The van der Waals surface area contributed by atoms with Crippen LogP contribution < -0.4 is 5.32 Å². The van der Waals surface area contributed by atoms with Crippen LogP contribution in [0.1, 0.15) is 12.5 Å². The lowest BCUT2D eigenvalue weighted by atomic mass is 10.1. The molecule has 16 heavy (non-hydrogen) atoms. The number of allylic oxidation sites excluding steroid dienone is 1. The molecule has 0 spiro atoms. The fourth-order valence-electron chi connectivity index (χ4n) is 1.16. The standard InChI is InChI=1S/C12H12NO3/c1-2-16-12(15)13-11-8-4-3-6-10(11)7-5-9-14/h3-8H,2H2,1H3,(H,13,15)/b7-5+. The highest BCUT2D eigenvalue weighted by molar-refractivity contribution is 5.89. The van der Waals surface area contributed by atoms with E-state index in [0.29, 0.717) is 12.3 Å². The number of rotatable bonds is 4. The molecule has 0 unspecified atom stereocenters. The number of para-hydroxylation sites is 1. The number of nitrogens with one attached hydrogen (secondary N) is 1. The number of hydrogen-bond donors (Lipinski definition) is 1. The Hall–Kier alpha value is -2.10. The molecule has 0 atom stereocenters. The number of benzene rings is 1. The highest BCUT2D eigenvalue weighted by Gasteiger charge is 2.04. The normalized spacial score (nSPS) is 10.1. The average molecular weight is 218 g/mol. The van der Waals surface area contributed by atoms with Gasteiger partial charge in [-0.05, 0) is 30.7 Å². The third kappa shape index (κ3) is 3.57. The Balaban J connectivity index is 2.82. The first-order chi connectivity index (χ1) is 7.77. The van der Waals surface area contributed by atoms with Crippen LogP contribution in [-0.2, 0) is 9.53 Å². The van der Waals surface area contributed by atoms with E-state index in [4.69, 9.17) is 4.74 Å². The summed E-state index contributed by atoms with van der Waals surface area (Å²) in [5.74, 6) is 0. The minimum atomic E-state index is -0.515. The molecule has 0 fully saturated rings. The molecule has 1 rings (SSSR count). The highest BCUT2D eigenvalue weighted by Crippen LogP contribution is 2.16. The molecule has 0 bridgehead atoms. The van der Waals surface area contributed by atoms with Gasteiger partial charge in [-0.25, -0.2) is 4.79 Å². The number of ether oxygens (including phenoxy) is 1. The van der Waals surface area contributed by atoms with Crippen molar-refractivity contribution in [2.75, 3.05) is 11.9 Å². The van der Waals surface area contributed by atoms with Crippen LogP contribution in [0.3, 0.4) is 0 Å². The highest BCUT2D eigenvalue weighted by atomic mass is 16.5. The first-order valence-electron chi connectivity index (χ1n) is 4.85. The second kappa shape index (κ2) is 6.40. The number of carbonyl (C=O) groups is 1. The van der Waals surface area contributed by atoms with Gasteiger partial charge < -0.3 is 4.74 Å². The monoisotopic (exact) mass is 218 g/mol. The first-order valence-corrected chi connectivity index (χ1v) is 4.85. The van der Waals surface area contributed by atoms with Crippen molar-refractivity contribution in [3.05, 3.63) is 35.9 Å². The molecule has 0 heterocycles. The summed E-state index contributed by atoms with van der Waals surface area (Å²) in [6.45, 7) is 2.04. The van der Waals surface area contributed by atoms with Crippen LogP contribution in [0.4, 0.5) is 10.5 Å². The third-order valence-electron chi connectivity index (χ3n) is 1.80. The topological polar surface area (TPSA) is 55.4 Å². The molecule has 83 valence electrons. The lowest BCUT2D eigenvalue weighted by molar-refractivity contribution is 0.168. The maximum Gasteiger partial charge on any atom is 0.411 e. The van der Waals surface area contributed by atoms with Crippen molar-refractivity contribution in [2.24, 2.45) is 0 Å². The fraction of sp³-hybridized carbons (Fsp3) is 0.167. The summed E-state index contributed by atoms with van der Waals surface area (Å²) in [7, 11) is 0. The van der Waals surface area contributed by atoms with Gasteiger partial charge in [0.15, 0.2) is 0 Å².